The maximum atomic E-state index is 16.3. The Balaban J connectivity index is 1.36. The van der Waals surface area contributed by atoms with Crippen molar-refractivity contribution in [3.63, 3.8) is 0 Å². The molecule has 9 heteroatoms. The second kappa shape index (κ2) is 9.08. The van der Waals surface area contributed by atoms with Crippen molar-refractivity contribution < 1.29 is 14.2 Å². The number of hydrogen-bond donors (Lipinski definition) is 3. The van der Waals surface area contributed by atoms with Gasteiger partial charge in [-0.15, -0.1) is 0 Å². The number of nitrogens with one attached hydrogen (secondary N) is 2. The number of hydrogen-bond acceptors (Lipinski definition) is 8. The molecule has 0 radical (unpaired) electrons. The van der Waals surface area contributed by atoms with Gasteiger partial charge in [-0.1, -0.05) is 24.3 Å². The van der Waals surface area contributed by atoms with Gasteiger partial charge in [0.1, 0.15) is 29.4 Å². The summed E-state index contributed by atoms with van der Waals surface area (Å²) >= 11 is 0. The summed E-state index contributed by atoms with van der Waals surface area (Å²) in [6, 6.07) is 12.0. The highest BCUT2D eigenvalue weighted by molar-refractivity contribution is 5.99. The Hall–Kier alpha value is -3.56. The molecule has 3 fully saturated rings. The molecule has 2 aromatic carbocycles. The smallest absolute Gasteiger partial charge is 0.319 e. The molecule has 0 amide bonds. The number of ether oxygens (including phenoxy) is 1. The molecule has 3 atom stereocenters. The largest absolute Gasteiger partial charge is 0.508 e. The van der Waals surface area contributed by atoms with Gasteiger partial charge in [-0.05, 0) is 55.1 Å². The Morgan fingerprint density at radius 3 is 2.70 bits per heavy atom. The number of fused-ring (bicyclic) bond motifs is 4. The van der Waals surface area contributed by atoms with Crippen molar-refractivity contribution in [3.8, 4) is 23.0 Å². The number of halogens is 1. The van der Waals surface area contributed by atoms with Gasteiger partial charge in [0.15, 0.2) is 5.82 Å². The molecule has 2 unspecified atom stereocenters. The highest BCUT2D eigenvalue weighted by Gasteiger charge is 2.34. The Kier molecular flexibility index (Phi) is 5.55. The van der Waals surface area contributed by atoms with Crippen LogP contribution in [0.2, 0.25) is 0 Å². The van der Waals surface area contributed by atoms with Crippen LogP contribution in [0.1, 0.15) is 25.7 Å². The number of phenols is 1. The van der Waals surface area contributed by atoms with Crippen LogP contribution in [0.5, 0.6) is 11.8 Å². The van der Waals surface area contributed by atoms with Gasteiger partial charge in [0.05, 0.1) is 5.39 Å². The third kappa shape index (κ3) is 4.12. The lowest BCUT2D eigenvalue weighted by molar-refractivity contribution is 0.258. The average Bonchev–Trinajstić information content (AvgIpc) is 3.56. The standard InChI is InChI=1S/C28H29FN6O2/c29-24-25(22-11-20(36)10-16-4-1-2-6-21(16)22)31-12-23-26(24)33-28(37-15-19-5-3-9-30-19)34-27(23)35-13-17-7-8-18(14-35)32-17/h1-2,4,6,10-12,17-19,30,32,36H,3,5,7-9,13-15H2/t17?,18?,19-/m0/s1. The van der Waals surface area contributed by atoms with Crippen LogP contribution in [-0.2, 0) is 0 Å². The van der Waals surface area contributed by atoms with Crippen LogP contribution in [0.15, 0.2) is 42.6 Å². The third-order valence-electron chi connectivity index (χ3n) is 7.84. The molecule has 0 aliphatic carbocycles. The van der Waals surface area contributed by atoms with E-state index in [4.69, 9.17) is 9.72 Å². The molecular weight excluding hydrogens is 471 g/mol. The monoisotopic (exact) mass is 500 g/mol. The van der Waals surface area contributed by atoms with Crippen LogP contribution < -0.4 is 20.3 Å². The van der Waals surface area contributed by atoms with Crippen LogP contribution in [0.3, 0.4) is 0 Å². The first-order valence-corrected chi connectivity index (χ1v) is 13.1. The zero-order valence-corrected chi connectivity index (χ0v) is 20.5. The van der Waals surface area contributed by atoms with Crippen LogP contribution in [0.25, 0.3) is 32.9 Å². The quantitative estimate of drug-likeness (QED) is 0.381. The molecule has 190 valence electrons. The maximum Gasteiger partial charge on any atom is 0.319 e. The van der Waals surface area contributed by atoms with Crippen molar-refractivity contribution in [2.45, 2.75) is 43.8 Å². The molecule has 0 spiro atoms. The molecule has 7 rings (SSSR count). The van der Waals surface area contributed by atoms with E-state index in [1.54, 1.807) is 18.3 Å². The minimum Gasteiger partial charge on any atom is -0.508 e. The first-order chi connectivity index (χ1) is 18.1. The molecule has 4 aromatic rings. The van der Waals surface area contributed by atoms with E-state index >= 15 is 4.39 Å². The minimum absolute atomic E-state index is 0.0581. The normalized spacial score (nSPS) is 23.3. The number of pyridine rings is 1. The summed E-state index contributed by atoms with van der Waals surface area (Å²) in [6.45, 7) is 3.01. The van der Waals surface area contributed by atoms with Crippen LogP contribution in [0, 0.1) is 5.82 Å². The summed E-state index contributed by atoms with van der Waals surface area (Å²) in [6.07, 6.45) is 6.07. The lowest BCUT2D eigenvalue weighted by Crippen LogP contribution is -2.51. The lowest BCUT2D eigenvalue weighted by Gasteiger charge is -2.34. The van der Waals surface area contributed by atoms with Gasteiger partial charge >= 0.3 is 6.01 Å². The topological polar surface area (TPSA) is 95.4 Å². The SMILES string of the molecule is Oc1cc(-c2ncc3c(N4CC5CCC(C4)N5)nc(OC[C@@H]4CCCN4)nc3c2F)c2ccccc2c1. The number of anilines is 1. The van der Waals surface area contributed by atoms with E-state index in [2.05, 4.69) is 25.5 Å². The second-order valence-corrected chi connectivity index (χ2v) is 10.4. The van der Waals surface area contributed by atoms with Crippen LogP contribution in [-0.4, -0.2) is 64.4 Å². The molecule has 8 nitrogen and oxygen atoms in total. The predicted molar refractivity (Wildman–Crippen MR) is 141 cm³/mol. The van der Waals surface area contributed by atoms with E-state index < -0.39 is 5.82 Å². The van der Waals surface area contributed by atoms with Crippen LogP contribution in [0.4, 0.5) is 10.2 Å². The molecule has 3 N–H and O–H groups in total. The van der Waals surface area contributed by atoms with Gasteiger partial charge in [-0.2, -0.15) is 9.97 Å². The summed E-state index contributed by atoms with van der Waals surface area (Å²) in [5, 5.41) is 19.6. The Labute approximate surface area is 213 Å². The van der Waals surface area contributed by atoms with E-state index in [0.29, 0.717) is 35.5 Å². The first kappa shape index (κ1) is 22.6. The van der Waals surface area contributed by atoms with E-state index in [0.717, 1.165) is 56.1 Å². The molecule has 5 heterocycles. The van der Waals surface area contributed by atoms with Crippen molar-refractivity contribution in [1.29, 1.82) is 0 Å². The zero-order chi connectivity index (χ0) is 24.9. The number of aromatic nitrogens is 3. The number of nitrogens with zero attached hydrogens (tertiary/aromatic N) is 4. The molecule has 2 bridgehead atoms. The van der Waals surface area contributed by atoms with E-state index in [-0.39, 0.29) is 29.0 Å². The van der Waals surface area contributed by atoms with Crippen molar-refractivity contribution in [2.24, 2.45) is 0 Å². The number of phenolic OH excluding ortho intramolecular Hbond substituents is 1. The van der Waals surface area contributed by atoms with Crippen molar-refractivity contribution in [3.05, 3.63) is 48.4 Å². The Morgan fingerprint density at radius 2 is 1.89 bits per heavy atom. The van der Waals surface area contributed by atoms with Gasteiger partial charge in [-0.25, -0.2) is 4.39 Å². The molecule has 0 saturated carbocycles. The minimum atomic E-state index is -0.543. The Morgan fingerprint density at radius 1 is 1.05 bits per heavy atom. The fourth-order valence-corrected chi connectivity index (χ4v) is 6.05. The zero-order valence-electron chi connectivity index (χ0n) is 20.5. The Bertz CT molecular complexity index is 1480. The van der Waals surface area contributed by atoms with E-state index in [9.17, 15) is 5.11 Å². The average molecular weight is 501 g/mol. The first-order valence-electron chi connectivity index (χ1n) is 13.1. The van der Waals surface area contributed by atoms with Crippen molar-refractivity contribution >= 4 is 27.5 Å². The van der Waals surface area contributed by atoms with Gasteiger partial charge in [-0.3, -0.25) is 4.98 Å². The van der Waals surface area contributed by atoms with Crippen molar-refractivity contribution in [2.75, 3.05) is 31.1 Å². The van der Waals surface area contributed by atoms with Gasteiger partial charge < -0.3 is 25.4 Å². The van der Waals surface area contributed by atoms with E-state index in [1.807, 2.05) is 24.3 Å². The van der Waals surface area contributed by atoms with Crippen LogP contribution >= 0.6 is 0 Å². The molecule has 3 saturated heterocycles. The predicted octanol–water partition coefficient (Wildman–Crippen LogP) is 3.76. The summed E-state index contributed by atoms with van der Waals surface area (Å²) in [7, 11) is 0. The summed E-state index contributed by atoms with van der Waals surface area (Å²) in [5.74, 6) is 0.179. The number of aromatic hydroxyl groups is 1. The molecule has 2 aromatic heterocycles. The highest BCUT2D eigenvalue weighted by atomic mass is 19.1. The maximum absolute atomic E-state index is 16.3. The fourth-order valence-electron chi connectivity index (χ4n) is 6.05. The molecular formula is C28H29FN6O2. The lowest BCUT2D eigenvalue weighted by atomic mass is 10.0. The van der Waals surface area contributed by atoms with Gasteiger partial charge in [0.2, 0.25) is 0 Å². The van der Waals surface area contributed by atoms with Gasteiger partial charge in [0, 0.05) is 43.0 Å². The fraction of sp³-hybridized carbons (Fsp3) is 0.393. The van der Waals surface area contributed by atoms with E-state index in [1.165, 1.54) is 0 Å². The number of rotatable bonds is 5. The molecule has 37 heavy (non-hydrogen) atoms. The number of benzene rings is 2. The summed E-state index contributed by atoms with van der Waals surface area (Å²) in [4.78, 5) is 16.1. The van der Waals surface area contributed by atoms with Gasteiger partial charge in [0.25, 0.3) is 0 Å². The molecule has 3 aliphatic rings. The molecule has 3 aliphatic heterocycles. The number of piperazine rings is 1. The van der Waals surface area contributed by atoms with Crippen molar-refractivity contribution in [1.82, 2.24) is 25.6 Å². The second-order valence-electron chi connectivity index (χ2n) is 10.4. The summed E-state index contributed by atoms with van der Waals surface area (Å²) < 4.78 is 22.4. The summed E-state index contributed by atoms with van der Waals surface area (Å²) in [5.41, 5.74) is 0.851. The third-order valence-corrected chi connectivity index (χ3v) is 7.84. The highest BCUT2D eigenvalue weighted by Crippen LogP contribution is 2.37.